The van der Waals surface area contributed by atoms with Gasteiger partial charge in [-0.05, 0) is 41.5 Å². The van der Waals surface area contributed by atoms with Gasteiger partial charge < -0.3 is 14.6 Å². The number of nitrogens with zero attached hydrogens (tertiary/aromatic N) is 3. The summed E-state index contributed by atoms with van der Waals surface area (Å²) in [5.41, 5.74) is 2.64. The molecule has 1 N–H and O–H groups in total. The van der Waals surface area contributed by atoms with Crippen molar-refractivity contribution in [2.75, 3.05) is 32.8 Å². The predicted octanol–water partition coefficient (Wildman–Crippen LogP) is 2.04. The Kier molecular flexibility index (Phi) is 4.99. The van der Waals surface area contributed by atoms with Crippen molar-refractivity contribution in [3.8, 4) is 5.75 Å². The summed E-state index contributed by atoms with van der Waals surface area (Å²) in [6.07, 6.45) is 7.32. The summed E-state index contributed by atoms with van der Waals surface area (Å²) in [4.78, 5) is 21.6. The van der Waals surface area contributed by atoms with Gasteiger partial charge in [0.25, 0.3) is 0 Å². The molecule has 0 saturated carbocycles. The third-order valence-corrected chi connectivity index (χ3v) is 7.65. The van der Waals surface area contributed by atoms with E-state index in [9.17, 15) is 13.2 Å². The second-order valence-corrected chi connectivity index (χ2v) is 9.49. The SMILES string of the molecule is O=C(/C=C/c1ccc2c(c1)CCO2)N1CCN(S(=O)(=O)c2c[nH]c3ncccc23)CC1. The van der Waals surface area contributed by atoms with E-state index in [4.69, 9.17) is 4.74 Å². The molecule has 2 aliphatic heterocycles. The summed E-state index contributed by atoms with van der Waals surface area (Å²) in [5, 5.41) is 0.573. The number of sulfonamides is 1. The first kappa shape index (κ1) is 19.8. The molecule has 31 heavy (non-hydrogen) atoms. The number of pyridine rings is 1. The number of H-pyrrole nitrogens is 1. The van der Waals surface area contributed by atoms with Crippen LogP contribution in [-0.4, -0.2) is 66.3 Å². The first-order valence-corrected chi connectivity index (χ1v) is 11.6. The lowest BCUT2D eigenvalue weighted by molar-refractivity contribution is -0.127. The Balaban J connectivity index is 1.24. The van der Waals surface area contributed by atoms with Gasteiger partial charge in [-0.15, -0.1) is 0 Å². The molecule has 8 nitrogen and oxygen atoms in total. The van der Waals surface area contributed by atoms with Crippen molar-refractivity contribution in [3.63, 3.8) is 0 Å². The summed E-state index contributed by atoms with van der Waals surface area (Å²) in [6.45, 7) is 1.90. The molecule has 3 aromatic rings. The number of rotatable bonds is 4. The van der Waals surface area contributed by atoms with Crippen molar-refractivity contribution in [1.82, 2.24) is 19.2 Å². The van der Waals surface area contributed by atoms with Crippen molar-refractivity contribution in [1.29, 1.82) is 0 Å². The van der Waals surface area contributed by atoms with E-state index >= 15 is 0 Å². The maximum Gasteiger partial charge on any atom is 0.246 e. The molecule has 1 saturated heterocycles. The Bertz CT molecular complexity index is 1270. The van der Waals surface area contributed by atoms with E-state index in [2.05, 4.69) is 9.97 Å². The molecule has 1 aromatic carbocycles. The Morgan fingerprint density at radius 2 is 2.00 bits per heavy atom. The molecule has 0 bridgehead atoms. The van der Waals surface area contributed by atoms with Crippen molar-refractivity contribution < 1.29 is 17.9 Å². The molecule has 5 rings (SSSR count). The highest BCUT2D eigenvalue weighted by molar-refractivity contribution is 7.89. The third kappa shape index (κ3) is 3.70. The molecular weight excluding hydrogens is 416 g/mol. The number of aromatic nitrogens is 2. The van der Waals surface area contributed by atoms with Crippen LogP contribution in [0.1, 0.15) is 11.1 Å². The standard InChI is InChI=1S/C22H22N4O4S/c27-21(6-4-16-3-5-19-17(14-16)7-13-30-19)25-9-11-26(12-10-25)31(28,29)20-15-24-22-18(20)2-1-8-23-22/h1-6,8,14-15H,7,9-13H2,(H,23,24)/b6-4+. The second-order valence-electron chi connectivity index (χ2n) is 7.58. The highest BCUT2D eigenvalue weighted by Gasteiger charge is 2.31. The van der Waals surface area contributed by atoms with Crippen LogP contribution in [0.3, 0.4) is 0 Å². The largest absolute Gasteiger partial charge is 0.493 e. The number of aromatic amines is 1. The number of nitrogens with one attached hydrogen (secondary N) is 1. The lowest BCUT2D eigenvalue weighted by atomic mass is 10.1. The quantitative estimate of drug-likeness (QED) is 0.629. The van der Waals surface area contributed by atoms with Crippen LogP contribution in [0.25, 0.3) is 17.1 Å². The van der Waals surface area contributed by atoms with Crippen LogP contribution in [0.4, 0.5) is 0 Å². The van der Waals surface area contributed by atoms with Crippen molar-refractivity contribution in [3.05, 3.63) is 59.9 Å². The minimum absolute atomic E-state index is 0.120. The molecule has 9 heteroatoms. The van der Waals surface area contributed by atoms with Crippen molar-refractivity contribution in [2.24, 2.45) is 0 Å². The van der Waals surface area contributed by atoms with Crippen LogP contribution >= 0.6 is 0 Å². The van der Waals surface area contributed by atoms with Gasteiger partial charge in [0.2, 0.25) is 15.9 Å². The minimum Gasteiger partial charge on any atom is -0.493 e. The number of carbonyl (C=O) groups is 1. The Labute approximate surface area is 180 Å². The molecule has 1 fully saturated rings. The van der Waals surface area contributed by atoms with Gasteiger partial charge >= 0.3 is 0 Å². The number of amides is 1. The smallest absolute Gasteiger partial charge is 0.246 e. The van der Waals surface area contributed by atoms with E-state index in [1.54, 1.807) is 35.4 Å². The fourth-order valence-electron chi connectivity index (χ4n) is 4.02. The maximum atomic E-state index is 13.1. The number of hydrogen-bond acceptors (Lipinski definition) is 5. The lowest BCUT2D eigenvalue weighted by Crippen LogP contribution is -2.50. The van der Waals surface area contributed by atoms with E-state index < -0.39 is 10.0 Å². The number of ether oxygens (including phenoxy) is 1. The fourth-order valence-corrected chi connectivity index (χ4v) is 5.59. The van der Waals surface area contributed by atoms with Gasteiger partial charge in [0.05, 0.1) is 6.61 Å². The average molecular weight is 439 g/mol. The van der Waals surface area contributed by atoms with Gasteiger partial charge in [-0.2, -0.15) is 4.31 Å². The fraction of sp³-hybridized carbons (Fsp3) is 0.273. The van der Waals surface area contributed by atoms with Crippen LogP contribution in [0.2, 0.25) is 0 Å². The summed E-state index contributed by atoms with van der Waals surface area (Å²) in [7, 11) is -3.66. The van der Waals surface area contributed by atoms with Gasteiger partial charge in [0, 0.05) is 56.5 Å². The van der Waals surface area contributed by atoms with Gasteiger partial charge in [-0.3, -0.25) is 4.79 Å². The van der Waals surface area contributed by atoms with Gasteiger partial charge in [-0.1, -0.05) is 6.07 Å². The van der Waals surface area contributed by atoms with Crippen LogP contribution in [0.15, 0.2) is 53.7 Å². The molecule has 0 aliphatic carbocycles. The van der Waals surface area contributed by atoms with E-state index in [1.807, 2.05) is 18.2 Å². The molecule has 160 valence electrons. The van der Waals surface area contributed by atoms with E-state index in [0.717, 1.165) is 23.3 Å². The predicted molar refractivity (Wildman–Crippen MR) is 116 cm³/mol. The lowest BCUT2D eigenvalue weighted by Gasteiger charge is -2.33. The highest BCUT2D eigenvalue weighted by Crippen LogP contribution is 2.27. The minimum atomic E-state index is -3.66. The van der Waals surface area contributed by atoms with Gasteiger partial charge in [-0.25, -0.2) is 13.4 Å². The number of carbonyl (C=O) groups excluding carboxylic acids is 1. The van der Waals surface area contributed by atoms with Crippen LogP contribution in [-0.2, 0) is 21.2 Å². The zero-order valence-electron chi connectivity index (χ0n) is 16.8. The molecule has 0 spiro atoms. The molecule has 4 heterocycles. The third-order valence-electron chi connectivity index (χ3n) is 5.71. The first-order valence-electron chi connectivity index (χ1n) is 10.2. The average Bonchev–Trinajstić information content (AvgIpc) is 3.44. The number of fused-ring (bicyclic) bond motifs is 2. The monoisotopic (exact) mass is 438 g/mol. The molecule has 2 aliphatic rings. The molecular formula is C22H22N4O4S. The second kappa shape index (κ2) is 7.82. The van der Waals surface area contributed by atoms with Crippen LogP contribution in [0.5, 0.6) is 5.75 Å². The number of benzene rings is 1. The Hall–Kier alpha value is -3.17. The normalized spacial score (nSPS) is 17.2. The van der Waals surface area contributed by atoms with Gasteiger partial charge in [0.15, 0.2) is 0 Å². The van der Waals surface area contributed by atoms with Gasteiger partial charge in [0.1, 0.15) is 16.3 Å². The van der Waals surface area contributed by atoms with E-state index in [-0.39, 0.29) is 23.9 Å². The Morgan fingerprint density at radius 3 is 2.84 bits per heavy atom. The molecule has 2 aromatic heterocycles. The summed E-state index contributed by atoms with van der Waals surface area (Å²) >= 11 is 0. The molecule has 0 radical (unpaired) electrons. The first-order chi connectivity index (χ1) is 15.0. The topological polar surface area (TPSA) is 95.6 Å². The van der Waals surface area contributed by atoms with Crippen molar-refractivity contribution >= 4 is 33.0 Å². The number of hydrogen-bond donors (Lipinski definition) is 1. The van der Waals surface area contributed by atoms with Crippen molar-refractivity contribution in [2.45, 2.75) is 11.3 Å². The molecule has 1 amide bonds. The Morgan fingerprint density at radius 1 is 1.16 bits per heavy atom. The van der Waals surface area contributed by atoms with Crippen LogP contribution in [0, 0.1) is 0 Å². The molecule has 0 atom stereocenters. The van der Waals surface area contributed by atoms with E-state index in [0.29, 0.717) is 30.7 Å². The summed E-state index contributed by atoms with van der Waals surface area (Å²) < 4.78 is 33.1. The highest BCUT2D eigenvalue weighted by atomic mass is 32.2. The maximum absolute atomic E-state index is 13.1. The van der Waals surface area contributed by atoms with E-state index in [1.165, 1.54) is 10.5 Å². The zero-order valence-corrected chi connectivity index (χ0v) is 17.6. The summed E-state index contributed by atoms with van der Waals surface area (Å²) in [5.74, 6) is 0.789. The van der Waals surface area contributed by atoms with Crippen LogP contribution < -0.4 is 4.74 Å². The number of piperazine rings is 1. The summed E-state index contributed by atoms with van der Waals surface area (Å²) in [6, 6.07) is 9.34. The molecule has 0 unspecified atom stereocenters. The zero-order chi connectivity index (χ0) is 21.4.